The van der Waals surface area contributed by atoms with Crippen LogP contribution in [0.25, 0.3) is 0 Å². The van der Waals surface area contributed by atoms with Crippen molar-refractivity contribution in [2.45, 2.75) is 51.7 Å². The fraction of sp³-hybridized carbons (Fsp3) is 0.600. The zero-order valence-corrected chi connectivity index (χ0v) is 19.5. The minimum atomic E-state index is -0.508. The van der Waals surface area contributed by atoms with Gasteiger partial charge in [-0.05, 0) is 57.7 Å². The van der Waals surface area contributed by atoms with Gasteiger partial charge in [0.1, 0.15) is 5.60 Å². The van der Waals surface area contributed by atoms with Gasteiger partial charge in [0, 0.05) is 32.4 Å². The van der Waals surface area contributed by atoms with Crippen molar-refractivity contribution >= 4 is 41.7 Å². The van der Waals surface area contributed by atoms with E-state index in [0.29, 0.717) is 0 Å². The summed E-state index contributed by atoms with van der Waals surface area (Å²) < 4.78 is 10.8. The predicted octanol–water partition coefficient (Wildman–Crippen LogP) is 3.54. The molecule has 1 aliphatic heterocycles. The van der Waals surface area contributed by atoms with Crippen molar-refractivity contribution in [1.82, 2.24) is 10.6 Å². The van der Waals surface area contributed by atoms with E-state index < -0.39 is 11.7 Å². The van der Waals surface area contributed by atoms with Gasteiger partial charge in [-0.1, -0.05) is 12.1 Å². The Kier molecular flexibility index (Phi) is 10.6. The smallest absolute Gasteiger partial charge is 0.412 e. The molecule has 0 aromatic heterocycles. The van der Waals surface area contributed by atoms with E-state index in [2.05, 4.69) is 20.9 Å². The van der Waals surface area contributed by atoms with E-state index in [9.17, 15) is 4.79 Å². The van der Waals surface area contributed by atoms with Crippen LogP contribution < -0.4 is 16.0 Å². The Morgan fingerprint density at radius 3 is 2.54 bits per heavy atom. The first kappa shape index (κ1) is 24.5. The van der Waals surface area contributed by atoms with Crippen LogP contribution in [-0.4, -0.2) is 50.5 Å². The van der Waals surface area contributed by atoms with Crippen molar-refractivity contribution < 1.29 is 14.3 Å². The first-order valence-electron chi connectivity index (χ1n) is 9.51. The molecule has 1 unspecified atom stereocenters. The molecule has 1 aromatic rings. The van der Waals surface area contributed by atoms with Gasteiger partial charge in [0.15, 0.2) is 5.96 Å². The van der Waals surface area contributed by atoms with Crippen LogP contribution in [0.2, 0.25) is 0 Å². The molecule has 1 atom stereocenters. The normalized spacial score (nSPS) is 16.9. The van der Waals surface area contributed by atoms with Gasteiger partial charge in [-0.2, -0.15) is 0 Å². The Balaban J connectivity index is 0.00000392. The predicted molar refractivity (Wildman–Crippen MR) is 124 cm³/mol. The lowest BCUT2D eigenvalue weighted by Crippen LogP contribution is -2.41. The van der Waals surface area contributed by atoms with Crippen LogP contribution in [0.4, 0.5) is 10.5 Å². The lowest BCUT2D eigenvalue weighted by Gasteiger charge is -2.19. The summed E-state index contributed by atoms with van der Waals surface area (Å²) in [7, 11) is 1.77. The molecule has 2 rings (SSSR count). The van der Waals surface area contributed by atoms with Gasteiger partial charge < -0.3 is 20.1 Å². The van der Waals surface area contributed by atoms with E-state index in [0.717, 1.165) is 50.6 Å². The van der Waals surface area contributed by atoms with Crippen molar-refractivity contribution in [3.63, 3.8) is 0 Å². The number of anilines is 1. The molecule has 0 bridgehead atoms. The summed E-state index contributed by atoms with van der Waals surface area (Å²) in [5.41, 5.74) is 1.38. The van der Waals surface area contributed by atoms with Crippen LogP contribution in [0, 0.1) is 0 Å². The summed E-state index contributed by atoms with van der Waals surface area (Å²) in [4.78, 5) is 16.0. The summed E-state index contributed by atoms with van der Waals surface area (Å²) in [6, 6.07) is 7.75. The molecule has 1 fully saturated rings. The summed E-state index contributed by atoms with van der Waals surface area (Å²) in [5.74, 6) is 0.786. The number of halogens is 1. The van der Waals surface area contributed by atoms with Gasteiger partial charge >= 0.3 is 6.09 Å². The molecule has 0 aliphatic carbocycles. The van der Waals surface area contributed by atoms with E-state index >= 15 is 0 Å². The highest BCUT2D eigenvalue weighted by atomic mass is 127. The van der Waals surface area contributed by atoms with Gasteiger partial charge in [0.05, 0.1) is 6.10 Å². The molecule has 7 nitrogen and oxygen atoms in total. The molecule has 1 heterocycles. The second-order valence-corrected chi connectivity index (χ2v) is 7.59. The Morgan fingerprint density at radius 2 is 1.96 bits per heavy atom. The third-order valence-corrected chi connectivity index (χ3v) is 4.05. The Hall–Kier alpha value is -1.55. The van der Waals surface area contributed by atoms with Crippen molar-refractivity contribution in [3.05, 3.63) is 29.8 Å². The third-order valence-electron chi connectivity index (χ3n) is 4.05. The molecule has 3 N–H and O–H groups in total. The second kappa shape index (κ2) is 12.1. The highest BCUT2D eigenvalue weighted by Gasteiger charge is 2.16. The third kappa shape index (κ3) is 9.59. The van der Waals surface area contributed by atoms with Crippen molar-refractivity contribution in [1.29, 1.82) is 0 Å². The molecule has 8 heteroatoms. The molecule has 0 radical (unpaired) electrons. The van der Waals surface area contributed by atoms with Gasteiger partial charge in [-0.25, -0.2) is 4.79 Å². The fourth-order valence-electron chi connectivity index (χ4n) is 2.74. The minimum absolute atomic E-state index is 0. The van der Waals surface area contributed by atoms with E-state index in [1.165, 1.54) is 5.56 Å². The topological polar surface area (TPSA) is 84.0 Å². The average Bonchev–Trinajstić information content (AvgIpc) is 3.11. The maximum Gasteiger partial charge on any atom is 0.412 e. The molecule has 28 heavy (non-hydrogen) atoms. The monoisotopic (exact) mass is 504 g/mol. The number of hydrogen-bond donors (Lipinski definition) is 3. The minimum Gasteiger partial charge on any atom is -0.444 e. The number of ether oxygens (including phenoxy) is 2. The molecule has 1 aromatic carbocycles. The first-order chi connectivity index (χ1) is 12.9. The van der Waals surface area contributed by atoms with Crippen LogP contribution in [0.15, 0.2) is 29.3 Å². The highest BCUT2D eigenvalue weighted by molar-refractivity contribution is 14.0. The molecular weight excluding hydrogens is 471 g/mol. The van der Waals surface area contributed by atoms with Gasteiger partial charge in [0.25, 0.3) is 0 Å². The number of carbonyl (C=O) groups is 1. The lowest BCUT2D eigenvalue weighted by atomic mass is 10.1. The summed E-state index contributed by atoms with van der Waals surface area (Å²) in [6.07, 6.45) is 2.93. The molecule has 1 saturated heterocycles. The number of nitrogens with one attached hydrogen (secondary N) is 3. The maximum atomic E-state index is 11.8. The molecule has 158 valence electrons. The van der Waals surface area contributed by atoms with E-state index in [4.69, 9.17) is 9.47 Å². The van der Waals surface area contributed by atoms with Crippen molar-refractivity contribution in [3.8, 4) is 0 Å². The molecule has 0 spiro atoms. The zero-order valence-electron chi connectivity index (χ0n) is 17.2. The van der Waals surface area contributed by atoms with Crippen LogP contribution >= 0.6 is 24.0 Å². The number of rotatable bonds is 6. The van der Waals surface area contributed by atoms with E-state index in [-0.39, 0.29) is 30.1 Å². The standard InChI is InChI=1S/C20H32N4O3.HI/c1-20(2,3)27-19(25)24-16-9-7-15(8-10-16)11-12-22-18(21-4)23-14-17-6-5-13-26-17;/h7-10,17H,5-6,11-14H2,1-4H3,(H,24,25)(H2,21,22,23);1H. The number of guanidine groups is 1. The fourth-order valence-corrected chi connectivity index (χ4v) is 2.74. The number of amides is 1. The Bertz CT molecular complexity index is 623. The summed E-state index contributed by atoms with van der Waals surface area (Å²) >= 11 is 0. The van der Waals surface area contributed by atoms with Gasteiger partial charge in [-0.3, -0.25) is 10.3 Å². The van der Waals surface area contributed by atoms with E-state index in [1.807, 2.05) is 45.0 Å². The van der Waals surface area contributed by atoms with Crippen LogP contribution in [0.5, 0.6) is 0 Å². The number of benzene rings is 1. The van der Waals surface area contributed by atoms with Crippen molar-refractivity contribution in [2.75, 3.05) is 32.1 Å². The average molecular weight is 504 g/mol. The van der Waals surface area contributed by atoms with Crippen LogP contribution in [0.1, 0.15) is 39.2 Å². The zero-order chi connectivity index (χ0) is 19.7. The van der Waals surface area contributed by atoms with Crippen LogP contribution in [-0.2, 0) is 15.9 Å². The second-order valence-electron chi connectivity index (χ2n) is 7.59. The number of aliphatic imine (C=N–C) groups is 1. The molecule has 0 saturated carbocycles. The Labute approximate surface area is 185 Å². The number of nitrogens with zero attached hydrogens (tertiary/aromatic N) is 1. The first-order valence-corrected chi connectivity index (χ1v) is 9.51. The highest BCUT2D eigenvalue weighted by Crippen LogP contribution is 2.13. The maximum absolute atomic E-state index is 11.8. The number of carbonyl (C=O) groups excluding carboxylic acids is 1. The van der Waals surface area contributed by atoms with E-state index in [1.54, 1.807) is 7.05 Å². The lowest BCUT2D eigenvalue weighted by molar-refractivity contribution is 0.0636. The largest absolute Gasteiger partial charge is 0.444 e. The number of hydrogen-bond acceptors (Lipinski definition) is 4. The summed E-state index contributed by atoms with van der Waals surface area (Å²) in [6.45, 7) is 7.93. The SMILES string of the molecule is CN=C(NCCc1ccc(NC(=O)OC(C)(C)C)cc1)NCC1CCCO1.I. The molecule has 1 aliphatic rings. The quantitative estimate of drug-likeness (QED) is 0.314. The van der Waals surface area contributed by atoms with Gasteiger partial charge in [-0.15, -0.1) is 24.0 Å². The van der Waals surface area contributed by atoms with Crippen molar-refractivity contribution in [2.24, 2.45) is 4.99 Å². The summed E-state index contributed by atoms with van der Waals surface area (Å²) in [5, 5.41) is 9.34. The molecular formula is C20H33IN4O3. The Morgan fingerprint density at radius 1 is 1.25 bits per heavy atom. The molecule has 1 amide bonds. The van der Waals surface area contributed by atoms with Crippen LogP contribution in [0.3, 0.4) is 0 Å². The van der Waals surface area contributed by atoms with Gasteiger partial charge in [0.2, 0.25) is 0 Å².